The highest BCUT2D eigenvalue weighted by molar-refractivity contribution is 9.10. The fourth-order valence-corrected chi connectivity index (χ4v) is 5.31. The molecule has 0 bridgehead atoms. The van der Waals surface area contributed by atoms with E-state index in [1.807, 2.05) is 0 Å². The number of carboxylic acid groups (broad SMARTS) is 1. The molecule has 2 aromatic heterocycles. The van der Waals surface area contributed by atoms with Gasteiger partial charge in [0.25, 0.3) is 0 Å². The zero-order valence-corrected chi connectivity index (χ0v) is 19.6. The zero-order valence-electron chi connectivity index (χ0n) is 15.7. The van der Waals surface area contributed by atoms with Crippen LogP contribution in [-0.4, -0.2) is 45.7 Å². The normalized spacial score (nSPS) is 11.6. The standard InChI is InChI=1S/C19H12BrClN4O4S2/c1-31(28,29)11-6-4-5-10(9-11)17-22-23-18(30-17)16-14(20)15(19(26)27)24-25(16)13-8-3-2-7-12(13)21/h2-9H,1H3,(H,26,27). The van der Waals surface area contributed by atoms with Gasteiger partial charge in [0.05, 0.1) is 20.1 Å². The second kappa shape index (κ2) is 8.15. The molecular formula is C19H12BrClN4O4S2. The molecule has 12 heteroatoms. The summed E-state index contributed by atoms with van der Waals surface area (Å²) in [6.45, 7) is 0. The Morgan fingerprint density at radius 1 is 1.13 bits per heavy atom. The van der Waals surface area contributed by atoms with Gasteiger partial charge in [-0.2, -0.15) is 5.10 Å². The van der Waals surface area contributed by atoms with E-state index in [1.54, 1.807) is 36.4 Å². The van der Waals surface area contributed by atoms with Crippen LogP contribution in [-0.2, 0) is 9.84 Å². The van der Waals surface area contributed by atoms with Crippen LogP contribution in [0.3, 0.4) is 0 Å². The number of aromatic nitrogens is 4. The highest BCUT2D eigenvalue weighted by atomic mass is 79.9. The van der Waals surface area contributed by atoms with E-state index in [1.165, 1.54) is 28.2 Å². The summed E-state index contributed by atoms with van der Waals surface area (Å²) in [5.41, 5.74) is 1.22. The molecule has 158 valence electrons. The van der Waals surface area contributed by atoms with Gasteiger partial charge in [-0.3, -0.25) is 0 Å². The number of carboxylic acids is 1. The average Bonchev–Trinajstić information content (AvgIpc) is 3.32. The Labute approximate surface area is 194 Å². The molecule has 0 saturated carbocycles. The van der Waals surface area contributed by atoms with Gasteiger partial charge < -0.3 is 5.11 Å². The smallest absolute Gasteiger partial charge is 0.357 e. The van der Waals surface area contributed by atoms with Gasteiger partial charge in [0, 0.05) is 11.8 Å². The van der Waals surface area contributed by atoms with Gasteiger partial charge in [0.2, 0.25) is 0 Å². The minimum Gasteiger partial charge on any atom is -0.476 e. The number of para-hydroxylation sites is 1. The summed E-state index contributed by atoms with van der Waals surface area (Å²) in [6.07, 6.45) is 1.13. The molecule has 0 unspecified atom stereocenters. The van der Waals surface area contributed by atoms with Crippen molar-refractivity contribution < 1.29 is 18.3 Å². The average molecular weight is 540 g/mol. The molecule has 2 aromatic carbocycles. The molecule has 0 fully saturated rings. The van der Waals surface area contributed by atoms with E-state index >= 15 is 0 Å². The first-order valence-electron chi connectivity index (χ1n) is 8.58. The van der Waals surface area contributed by atoms with Crippen LogP contribution in [0.1, 0.15) is 10.5 Å². The summed E-state index contributed by atoms with van der Waals surface area (Å²) in [6, 6.07) is 13.2. The van der Waals surface area contributed by atoms with Crippen LogP contribution < -0.4 is 0 Å². The zero-order chi connectivity index (χ0) is 22.3. The Balaban J connectivity index is 1.88. The molecule has 31 heavy (non-hydrogen) atoms. The van der Waals surface area contributed by atoms with Gasteiger partial charge in [-0.05, 0) is 40.2 Å². The van der Waals surface area contributed by atoms with Crippen LogP contribution in [0, 0.1) is 0 Å². The van der Waals surface area contributed by atoms with Crippen molar-refractivity contribution in [3.05, 3.63) is 63.7 Å². The molecule has 0 atom stereocenters. The van der Waals surface area contributed by atoms with Crippen molar-refractivity contribution in [1.82, 2.24) is 20.0 Å². The van der Waals surface area contributed by atoms with Crippen LogP contribution >= 0.6 is 38.9 Å². The Hall–Kier alpha value is -2.60. The Kier molecular flexibility index (Phi) is 5.69. The van der Waals surface area contributed by atoms with Gasteiger partial charge in [0.15, 0.2) is 20.5 Å². The molecule has 0 amide bonds. The Morgan fingerprint density at radius 2 is 1.84 bits per heavy atom. The number of aromatic carboxylic acids is 1. The minimum atomic E-state index is -3.38. The van der Waals surface area contributed by atoms with Crippen LogP contribution in [0.4, 0.5) is 0 Å². The molecule has 0 aliphatic heterocycles. The largest absolute Gasteiger partial charge is 0.476 e. The lowest BCUT2D eigenvalue weighted by molar-refractivity contribution is 0.0689. The first-order valence-corrected chi connectivity index (χ1v) is 12.5. The van der Waals surface area contributed by atoms with E-state index in [0.717, 1.165) is 6.26 Å². The minimum absolute atomic E-state index is 0.164. The summed E-state index contributed by atoms with van der Waals surface area (Å²) in [5, 5.41) is 23.3. The predicted octanol–water partition coefficient (Wildman–Crippen LogP) is 4.58. The van der Waals surface area contributed by atoms with Crippen LogP contribution in [0.2, 0.25) is 5.02 Å². The second-order valence-electron chi connectivity index (χ2n) is 6.39. The van der Waals surface area contributed by atoms with Crippen LogP contribution in [0.5, 0.6) is 0 Å². The molecule has 4 aromatic rings. The summed E-state index contributed by atoms with van der Waals surface area (Å²) in [7, 11) is -3.38. The van der Waals surface area contributed by atoms with E-state index in [9.17, 15) is 18.3 Å². The van der Waals surface area contributed by atoms with E-state index in [4.69, 9.17) is 11.6 Å². The van der Waals surface area contributed by atoms with Gasteiger partial charge in [-0.15, -0.1) is 10.2 Å². The fourth-order valence-electron chi connectivity index (χ4n) is 2.81. The fraction of sp³-hybridized carbons (Fsp3) is 0.0526. The lowest BCUT2D eigenvalue weighted by Crippen LogP contribution is -2.02. The number of halogens is 2. The molecule has 1 N–H and O–H groups in total. The Bertz CT molecular complexity index is 1430. The molecule has 4 rings (SSSR count). The molecule has 0 aliphatic rings. The molecular weight excluding hydrogens is 528 g/mol. The highest BCUT2D eigenvalue weighted by Gasteiger charge is 2.26. The summed E-state index contributed by atoms with van der Waals surface area (Å²) in [4.78, 5) is 11.8. The first kappa shape index (κ1) is 21.6. The van der Waals surface area contributed by atoms with E-state index in [0.29, 0.717) is 32.0 Å². The van der Waals surface area contributed by atoms with Crippen molar-refractivity contribution in [2.75, 3.05) is 6.26 Å². The van der Waals surface area contributed by atoms with E-state index < -0.39 is 15.8 Å². The van der Waals surface area contributed by atoms with Gasteiger partial charge in [-0.25, -0.2) is 17.9 Å². The monoisotopic (exact) mass is 538 g/mol. The number of rotatable bonds is 5. The van der Waals surface area contributed by atoms with Gasteiger partial charge in [-0.1, -0.05) is 47.2 Å². The van der Waals surface area contributed by atoms with Crippen molar-refractivity contribution in [2.24, 2.45) is 0 Å². The third kappa shape index (κ3) is 4.13. The van der Waals surface area contributed by atoms with Crippen molar-refractivity contribution >= 4 is 54.7 Å². The van der Waals surface area contributed by atoms with Crippen molar-refractivity contribution in [1.29, 1.82) is 0 Å². The van der Waals surface area contributed by atoms with Crippen LogP contribution in [0.25, 0.3) is 27.0 Å². The quantitative estimate of drug-likeness (QED) is 0.395. The number of sulfone groups is 1. The summed E-state index contributed by atoms with van der Waals surface area (Å²) < 4.78 is 25.4. The van der Waals surface area contributed by atoms with Crippen molar-refractivity contribution in [2.45, 2.75) is 4.90 Å². The van der Waals surface area contributed by atoms with Crippen molar-refractivity contribution in [3.8, 4) is 27.0 Å². The number of nitrogens with zero attached hydrogens (tertiary/aromatic N) is 4. The van der Waals surface area contributed by atoms with E-state index in [2.05, 4.69) is 31.2 Å². The predicted molar refractivity (Wildman–Crippen MR) is 121 cm³/mol. The lowest BCUT2D eigenvalue weighted by atomic mass is 10.2. The summed E-state index contributed by atoms with van der Waals surface area (Å²) in [5.74, 6) is -1.22. The highest BCUT2D eigenvalue weighted by Crippen LogP contribution is 2.38. The van der Waals surface area contributed by atoms with E-state index in [-0.39, 0.29) is 15.1 Å². The maximum atomic E-state index is 11.9. The third-order valence-electron chi connectivity index (χ3n) is 4.25. The number of carbonyl (C=O) groups is 1. The number of hydrogen-bond acceptors (Lipinski definition) is 7. The maximum Gasteiger partial charge on any atom is 0.357 e. The molecule has 0 aliphatic carbocycles. The van der Waals surface area contributed by atoms with Crippen molar-refractivity contribution in [3.63, 3.8) is 0 Å². The molecule has 0 spiro atoms. The van der Waals surface area contributed by atoms with Gasteiger partial charge >= 0.3 is 5.97 Å². The maximum absolute atomic E-state index is 11.9. The molecule has 0 radical (unpaired) electrons. The Morgan fingerprint density at radius 3 is 2.52 bits per heavy atom. The molecule has 0 saturated heterocycles. The lowest BCUT2D eigenvalue weighted by Gasteiger charge is -2.07. The third-order valence-corrected chi connectivity index (χ3v) is 7.41. The van der Waals surface area contributed by atoms with Gasteiger partial charge in [0.1, 0.15) is 10.7 Å². The number of hydrogen-bond donors (Lipinski definition) is 1. The first-order chi connectivity index (χ1) is 14.7. The topological polar surface area (TPSA) is 115 Å². The number of benzene rings is 2. The molecule has 2 heterocycles. The second-order valence-corrected chi connectivity index (χ2v) is 10.6. The SMILES string of the molecule is CS(=O)(=O)c1cccc(-c2nnc(-c3c(Br)c(C(=O)O)nn3-c3ccccc3Cl)s2)c1. The van der Waals surface area contributed by atoms with Crippen LogP contribution in [0.15, 0.2) is 57.9 Å². The summed E-state index contributed by atoms with van der Waals surface area (Å²) >= 11 is 10.8. The molecule has 8 nitrogen and oxygen atoms in total.